The first-order valence-corrected chi connectivity index (χ1v) is 23.5. The molecular formula is C52H55N11O3. The van der Waals surface area contributed by atoms with Gasteiger partial charge in [0.25, 0.3) is 11.8 Å². The van der Waals surface area contributed by atoms with Crippen LogP contribution in [0.2, 0.25) is 0 Å². The van der Waals surface area contributed by atoms with Gasteiger partial charge in [-0.3, -0.25) is 23.2 Å². The Hall–Kier alpha value is -7.35. The lowest BCUT2D eigenvalue weighted by Crippen LogP contribution is -2.27. The van der Waals surface area contributed by atoms with Crippen LogP contribution < -0.4 is 21.3 Å². The second kappa shape index (κ2) is 19.0. The number of nitrogens with zero attached hydrogens (tertiary/aromatic N) is 7. The van der Waals surface area contributed by atoms with Gasteiger partial charge in [-0.05, 0) is 93.5 Å². The summed E-state index contributed by atoms with van der Waals surface area (Å²) in [6, 6.07) is 32.3. The maximum Gasteiger partial charge on any atom is 0.251 e. The molecule has 0 radical (unpaired) electrons. The van der Waals surface area contributed by atoms with Gasteiger partial charge in [0.05, 0.1) is 45.8 Å². The molecule has 3 aliphatic rings. The predicted molar refractivity (Wildman–Crippen MR) is 260 cm³/mol. The Balaban J connectivity index is 0.000000156. The molecule has 0 bridgehead atoms. The number of likely N-dealkylation sites (tertiary alicyclic amines) is 1. The first kappa shape index (κ1) is 42.6. The molecule has 3 amide bonds. The quantitative estimate of drug-likeness (QED) is 0.0695. The molecule has 2 saturated carbocycles. The van der Waals surface area contributed by atoms with Gasteiger partial charge >= 0.3 is 0 Å². The third-order valence-electron chi connectivity index (χ3n) is 12.5. The molecule has 8 aromatic rings. The fourth-order valence-corrected chi connectivity index (χ4v) is 8.58. The van der Waals surface area contributed by atoms with E-state index >= 15 is 0 Å². The molecule has 14 nitrogen and oxygen atoms in total. The van der Waals surface area contributed by atoms with E-state index < -0.39 is 0 Å². The molecule has 3 fully saturated rings. The lowest BCUT2D eigenvalue weighted by Gasteiger charge is -2.16. The number of fused-ring (bicyclic) bond motifs is 6. The summed E-state index contributed by atoms with van der Waals surface area (Å²) in [4.78, 5) is 57.6. The molecule has 11 rings (SSSR count). The number of unbranched alkanes of at least 4 members (excludes halogenated alkanes) is 2. The van der Waals surface area contributed by atoms with E-state index in [0.29, 0.717) is 36.2 Å². The molecule has 0 unspecified atom stereocenters. The van der Waals surface area contributed by atoms with Gasteiger partial charge in [-0.25, -0.2) is 19.9 Å². The number of hydrogen-bond acceptors (Lipinski definition) is 9. The van der Waals surface area contributed by atoms with Crippen molar-refractivity contribution in [3.8, 4) is 22.5 Å². The normalized spacial score (nSPS) is 14.7. The van der Waals surface area contributed by atoms with Crippen LogP contribution in [0.1, 0.15) is 91.8 Å². The number of benzene rings is 4. The molecule has 4 aromatic carbocycles. The largest absolute Gasteiger partial charge is 0.367 e. The van der Waals surface area contributed by atoms with Crippen molar-refractivity contribution in [3.05, 3.63) is 121 Å². The fourth-order valence-electron chi connectivity index (χ4n) is 8.58. The Bertz CT molecular complexity index is 3040. The summed E-state index contributed by atoms with van der Waals surface area (Å²) >= 11 is 0. The molecule has 0 atom stereocenters. The molecule has 4 aromatic heterocycles. The Labute approximate surface area is 383 Å². The number of imidazole rings is 2. The minimum absolute atomic E-state index is 0.000377. The summed E-state index contributed by atoms with van der Waals surface area (Å²) in [6.45, 7) is 5.41. The zero-order valence-electron chi connectivity index (χ0n) is 37.3. The van der Waals surface area contributed by atoms with Crippen LogP contribution in [-0.2, 0) is 4.79 Å². The highest BCUT2D eigenvalue weighted by Gasteiger charge is 2.25. The van der Waals surface area contributed by atoms with Gasteiger partial charge < -0.3 is 26.2 Å². The van der Waals surface area contributed by atoms with Crippen molar-refractivity contribution < 1.29 is 14.4 Å². The van der Waals surface area contributed by atoms with Crippen LogP contribution in [0.25, 0.3) is 55.9 Å². The second-order valence-corrected chi connectivity index (χ2v) is 17.6. The Morgan fingerprint density at radius 3 is 1.56 bits per heavy atom. The lowest BCUT2D eigenvalue weighted by molar-refractivity contribution is -0.127. The van der Waals surface area contributed by atoms with Crippen molar-refractivity contribution in [3.63, 3.8) is 0 Å². The van der Waals surface area contributed by atoms with E-state index in [1.165, 1.54) is 12.8 Å². The highest BCUT2D eigenvalue weighted by Crippen LogP contribution is 2.31. The van der Waals surface area contributed by atoms with Crippen LogP contribution >= 0.6 is 0 Å². The molecule has 336 valence electrons. The molecule has 1 saturated heterocycles. The molecule has 1 aliphatic heterocycles. The number of nitrogens with one attached hydrogen (secondary N) is 4. The van der Waals surface area contributed by atoms with Gasteiger partial charge in [0.1, 0.15) is 0 Å². The van der Waals surface area contributed by atoms with Crippen molar-refractivity contribution in [2.24, 2.45) is 0 Å². The average Bonchev–Trinajstić information content (AvgIpc) is 4.20. The summed E-state index contributed by atoms with van der Waals surface area (Å²) in [5.41, 5.74) is 10.6. The monoisotopic (exact) mass is 881 g/mol. The van der Waals surface area contributed by atoms with Crippen LogP contribution in [0.4, 0.5) is 11.6 Å². The molecule has 2 aliphatic carbocycles. The molecule has 0 spiro atoms. The van der Waals surface area contributed by atoms with E-state index in [9.17, 15) is 14.4 Å². The van der Waals surface area contributed by atoms with Crippen molar-refractivity contribution in [1.82, 2.24) is 44.3 Å². The maximum absolute atomic E-state index is 12.4. The number of anilines is 2. The zero-order valence-corrected chi connectivity index (χ0v) is 37.3. The van der Waals surface area contributed by atoms with E-state index in [1.54, 1.807) is 0 Å². The maximum atomic E-state index is 12.4. The van der Waals surface area contributed by atoms with Gasteiger partial charge in [0, 0.05) is 66.9 Å². The van der Waals surface area contributed by atoms with Crippen LogP contribution in [0, 0.1) is 0 Å². The summed E-state index contributed by atoms with van der Waals surface area (Å²) < 4.78 is 4.28. The summed E-state index contributed by atoms with van der Waals surface area (Å²) in [5, 5.41) is 13.0. The first-order valence-electron chi connectivity index (χ1n) is 23.5. The van der Waals surface area contributed by atoms with Crippen molar-refractivity contribution in [1.29, 1.82) is 0 Å². The second-order valence-electron chi connectivity index (χ2n) is 17.6. The molecular weight excluding hydrogens is 827 g/mol. The number of carbonyl (C=O) groups is 3. The Morgan fingerprint density at radius 1 is 0.621 bits per heavy atom. The van der Waals surface area contributed by atoms with Gasteiger partial charge in [-0.1, -0.05) is 68.3 Å². The number of amides is 3. The van der Waals surface area contributed by atoms with Crippen LogP contribution in [0.15, 0.2) is 109 Å². The first-order chi connectivity index (χ1) is 32.4. The minimum Gasteiger partial charge on any atom is -0.367 e. The van der Waals surface area contributed by atoms with Crippen molar-refractivity contribution in [2.45, 2.75) is 83.2 Å². The number of aromatic nitrogens is 6. The van der Waals surface area contributed by atoms with E-state index in [-0.39, 0.29) is 17.7 Å². The standard InChI is InChI=1S/C27H28N6O2.C25H27N5O/c34-24-7-3-15-32(24)16-4-14-28-25-26-29-17-23(33(26)22-6-2-1-5-21(22)31-25)18-8-10-19(11-9-18)27(35)30-20-12-13-20;1-2-3-6-15-26-23-24-27-16-22(30(24)21-8-5-4-7-20(21)29-23)17-9-11-18(12-10-17)25(31)28-19-13-14-19/h1-2,5-6,8-11,17,20H,3-4,7,12-16H2,(H,28,31)(H,30,35);4-5,7-12,16,19H,2-3,6,13-15H2,1H3,(H,26,29)(H,28,31). The molecule has 14 heteroatoms. The molecule has 4 N–H and O–H groups in total. The Kier molecular flexibility index (Phi) is 12.3. The van der Waals surface area contributed by atoms with Crippen molar-refractivity contribution in [2.75, 3.05) is 36.8 Å². The smallest absolute Gasteiger partial charge is 0.251 e. The third kappa shape index (κ3) is 9.26. The topological polar surface area (TPSA) is 163 Å². The Morgan fingerprint density at radius 2 is 1.11 bits per heavy atom. The third-order valence-corrected chi connectivity index (χ3v) is 12.5. The van der Waals surface area contributed by atoms with Crippen LogP contribution in [-0.4, -0.2) is 89.6 Å². The minimum atomic E-state index is -0.0195. The molecule has 5 heterocycles. The molecule has 66 heavy (non-hydrogen) atoms. The number of rotatable bonds is 16. The number of para-hydroxylation sites is 4. The highest BCUT2D eigenvalue weighted by molar-refractivity contribution is 5.96. The van der Waals surface area contributed by atoms with E-state index in [2.05, 4.69) is 43.1 Å². The lowest BCUT2D eigenvalue weighted by atomic mass is 10.1. The fraction of sp³-hybridized carbons (Fsp3) is 0.327. The van der Waals surface area contributed by atoms with Crippen LogP contribution in [0.5, 0.6) is 0 Å². The van der Waals surface area contributed by atoms with E-state index in [1.807, 2.05) is 108 Å². The predicted octanol–water partition coefficient (Wildman–Crippen LogP) is 8.91. The SMILES string of the molecule is CCCCCNc1nc2ccccc2n2c(-c3ccc(C(=O)NC4CC4)cc3)cnc12.O=C(NC1CC1)c1ccc(-c2cnc3c(NCCCN4CCCC4=O)nc4ccccc4n23)cc1. The summed E-state index contributed by atoms with van der Waals surface area (Å²) in [7, 11) is 0. The van der Waals surface area contributed by atoms with E-state index in [0.717, 1.165) is 132 Å². The zero-order chi connectivity index (χ0) is 45.0. The highest BCUT2D eigenvalue weighted by atomic mass is 16.2. The van der Waals surface area contributed by atoms with E-state index in [4.69, 9.17) is 19.9 Å². The van der Waals surface area contributed by atoms with Crippen LogP contribution in [0.3, 0.4) is 0 Å². The van der Waals surface area contributed by atoms with Gasteiger partial charge in [0.2, 0.25) is 5.91 Å². The summed E-state index contributed by atoms with van der Waals surface area (Å²) in [6.07, 6.45) is 14.0. The van der Waals surface area contributed by atoms with Gasteiger partial charge in [-0.15, -0.1) is 0 Å². The average molecular weight is 882 g/mol. The summed E-state index contributed by atoms with van der Waals surface area (Å²) in [5.74, 6) is 1.77. The van der Waals surface area contributed by atoms with Crippen molar-refractivity contribution >= 4 is 62.7 Å². The number of hydrogen-bond donors (Lipinski definition) is 4. The number of carbonyl (C=O) groups excluding carboxylic acids is 3. The van der Waals surface area contributed by atoms with Gasteiger partial charge in [-0.2, -0.15) is 0 Å². The van der Waals surface area contributed by atoms with Gasteiger partial charge in [0.15, 0.2) is 22.9 Å².